The quantitative estimate of drug-likeness (QED) is 0.602. The van der Waals surface area contributed by atoms with Crippen molar-refractivity contribution >= 4 is 40.1 Å². The molecule has 146 valence electrons. The number of carbonyl (C=O) groups is 2. The molecule has 0 unspecified atom stereocenters. The fraction of sp³-hybridized carbons (Fsp3) is 0.0909. The van der Waals surface area contributed by atoms with Gasteiger partial charge in [-0.15, -0.1) is 11.3 Å². The third-order valence-corrected chi connectivity index (χ3v) is 5.28. The summed E-state index contributed by atoms with van der Waals surface area (Å²) in [5.41, 5.74) is 0.772. The Balaban J connectivity index is 1.82. The Kier molecular flexibility index (Phi) is 5.14. The summed E-state index contributed by atoms with van der Waals surface area (Å²) in [5.74, 6) is -1.28. The van der Waals surface area contributed by atoms with Crippen molar-refractivity contribution in [2.24, 2.45) is 0 Å². The van der Waals surface area contributed by atoms with Gasteiger partial charge in [-0.1, -0.05) is 30.3 Å². The molecule has 5 nitrogen and oxygen atoms in total. The first-order valence-corrected chi connectivity index (χ1v) is 9.90. The summed E-state index contributed by atoms with van der Waals surface area (Å²) in [5, 5.41) is 4.88. The minimum absolute atomic E-state index is 0.0774. The van der Waals surface area contributed by atoms with E-state index < -0.39 is 17.6 Å². The van der Waals surface area contributed by atoms with E-state index in [1.165, 1.54) is 29.5 Å². The van der Waals surface area contributed by atoms with Crippen LogP contribution in [0.3, 0.4) is 0 Å². The fourth-order valence-electron chi connectivity index (χ4n) is 3.13. The summed E-state index contributed by atoms with van der Waals surface area (Å²) < 4.78 is 20.0. The summed E-state index contributed by atoms with van der Waals surface area (Å²) in [6.45, 7) is 2.31. The fourth-order valence-corrected chi connectivity index (χ4v) is 3.90. The van der Waals surface area contributed by atoms with Crippen molar-refractivity contribution in [1.82, 2.24) is 0 Å². The third-order valence-electron chi connectivity index (χ3n) is 4.39. The Bertz CT molecular complexity index is 1110. The van der Waals surface area contributed by atoms with Crippen molar-refractivity contribution in [1.29, 1.82) is 0 Å². The Morgan fingerprint density at radius 2 is 1.76 bits per heavy atom. The lowest BCUT2D eigenvalue weighted by Gasteiger charge is -2.16. The molecule has 0 spiro atoms. The van der Waals surface area contributed by atoms with Gasteiger partial charge in [-0.2, -0.15) is 0 Å². The van der Waals surface area contributed by atoms with Crippen LogP contribution < -0.4 is 15.0 Å². The number of thiophene rings is 1. The van der Waals surface area contributed by atoms with Crippen molar-refractivity contribution in [3.63, 3.8) is 0 Å². The van der Waals surface area contributed by atoms with Gasteiger partial charge in [0.05, 0.1) is 23.6 Å². The highest BCUT2D eigenvalue weighted by Crippen LogP contribution is 2.37. The first kappa shape index (κ1) is 18.9. The van der Waals surface area contributed by atoms with Gasteiger partial charge in [0, 0.05) is 4.88 Å². The number of ether oxygens (including phenoxy) is 1. The normalized spacial score (nSPS) is 13.9. The topological polar surface area (TPSA) is 58.6 Å². The van der Waals surface area contributed by atoms with Crippen LogP contribution in [0.5, 0.6) is 5.75 Å². The second kappa shape index (κ2) is 7.89. The predicted octanol–water partition coefficient (Wildman–Crippen LogP) is 4.68. The molecule has 29 heavy (non-hydrogen) atoms. The predicted molar refractivity (Wildman–Crippen MR) is 111 cm³/mol. The van der Waals surface area contributed by atoms with Crippen LogP contribution in [-0.2, 0) is 9.59 Å². The van der Waals surface area contributed by atoms with Crippen molar-refractivity contribution in [3.05, 3.63) is 82.4 Å². The summed E-state index contributed by atoms with van der Waals surface area (Å²) in [7, 11) is 0. The van der Waals surface area contributed by atoms with Crippen LogP contribution in [0.2, 0.25) is 0 Å². The van der Waals surface area contributed by atoms with E-state index in [9.17, 15) is 14.0 Å². The van der Waals surface area contributed by atoms with Crippen molar-refractivity contribution < 1.29 is 18.7 Å². The van der Waals surface area contributed by atoms with Gasteiger partial charge in [-0.3, -0.25) is 9.59 Å². The number of halogens is 1. The van der Waals surface area contributed by atoms with E-state index in [0.717, 1.165) is 4.90 Å². The number of anilines is 2. The van der Waals surface area contributed by atoms with Gasteiger partial charge >= 0.3 is 0 Å². The molecule has 0 radical (unpaired) electrons. The van der Waals surface area contributed by atoms with Crippen molar-refractivity contribution in [2.45, 2.75) is 6.92 Å². The molecule has 2 heterocycles. The number of nitrogens with zero attached hydrogens (tertiary/aromatic N) is 1. The first-order valence-electron chi connectivity index (χ1n) is 9.02. The molecule has 1 aromatic heterocycles. The van der Waals surface area contributed by atoms with Crippen LogP contribution in [0.1, 0.15) is 11.8 Å². The highest BCUT2D eigenvalue weighted by atomic mass is 32.1. The smallest absolute Gasteiger partial charge is 0.282 e. The largest absolute Gasteiger partial charge is 0.492 e. The average Bonchev–Trinajstić information content (AvgIpc) is 3.32. The highest BCUT2D eigenvalue weighted by Gasteiger charge is 2.41. The lowest BCUT2D eigenvalue weighted by Crippen LogP contribution is -2.33. The summed E-state index contributed by atoms with van der Waals surface area (Å²) in [6, 6.07) is 16.4. The Morgan fingerprint density at radius 3 is 2.48 bits per heavy atom. The van der Waals surface area contributed by atoms with E-state index >= 15 is 0 Å². The van der Waals surface area contributed by atoms with Gasteiger partial charge in [0.2, 0.25) is 0 Å². The van der Waals surface area contributed by atoms with Crippen LogP contribution in [0.4, 0.5) is 15.8 Å². The third kappa shape index (κ3) is 3.40. The maximum Gasteiger partial charge on any atom is 0.282 e. The van der Waals surface area contributed by atoms with Crippen molar-refractivity contribution in [3.8, 4) is 5.75 Å². The number of hydrogen-bond donors (Lipinski definition) is 1. The van der Waals surface area contributed by atoms with Gasteiger partial charge in [0.25, 0.3) is 11.8 Å². The molecule has 0 aliphatic carbocycles. The SMILES string of the molecule is CCOc1ccccc1NC1=C(c2cccs2)C(=O)N(c2ccccc2F)C1=O. The molecule has 1 aliphatic heterocycles. The Morgan fingerprint density at radius 1 is 1.00 bits per heavy atom. The molecule has 0 saturated carbocycles. The van der Waals surface area contributed by atoms with Crippen LogP contribution in [0.15, 0.2) is 71.7 Å². The molecule has 2 aromatic carbocycles. The molecule has 3 aromatic rings. The molecule has 0 saturated heterocycles. The molecule has 7 heteroatoms. The van der Waals surface area contributed by atoms with Gasteiger partial charge in [-0.05, 0) is 42.6 Å². The van der Waals surface area contributed by atoms with Gasteiger partial charge in [0.15, 0.2) is 0 Å². The van der Waals surface area contributed by atoms with E-state index in [0.29, 0.717) is 22.9 Å². The molecule has 1 N–H and O–H groups in total. The molecule has 2 amide bonds. The lowest BCUT2D eigenvalue weighted by atomic mass is 10.1. The number of hydrogen-bond acceptors (Lipinski definition) is 5. The lowest BCUT2D eigenvalue weighted by molar-refractivity contribution is -0.120. The number of carbonyl (C=O) groups excluding carboxylic acids is 2. The maximum atomic E-state index is 14.4. The second-order valence-corrected chi connectivity index (χ2v) is 7.13. The van der Waals surface area contributed by atoms with Gasteiger partial charge in [0.1, 0.15) is 17.3 Å². The minimum atomic E-state index is -0.643. The molecular formula is C22H17FN2O3S. The minimum Gasteiger partial charge on any atom is -0.492 e. The molecule has 0 fully saturated rings. The number of benzene rings is 2. The molecule has 4 rings (SSSR count). The van der Waals surface area contributed by atoms with Crippen LogP contribution in [-0.4, -0.2) is 18.4 Å². The Labute approximate surface area is 171 Å². The number of rotatable bonds is 6. The van der Waals surface area contributed by atoms with Crippen molar-refractivity contribution in [2.75, 3.05) is 16.8 Å². The molecule has 1 aliphatic rings. The second-order valence-electron chi connectivity index (χ2n) is 6.18. The van der Waals surface area contributed by atoms with E-state index in [4.69, 9.17) is 4.74 Å². The van der Waals surface area contributed by atoms with Gasteiger partial charge < -0.3 is 10.1 Å². The molecule has 0 bridgehead atoms. The van der Waals surface area contributed by atoms with E-state index in [2.05, 4.69) is 5.32 Å². The zero-order chi connectivity index (χ0) is 20.4. The van der Waals surface area contributed by atoms with Crippen LogP contribution in [0, 0.1) is 5.82 Å². The summed E-state index contributed by atoms with van der Waals surface area (Å²) in [4.78, 5) is 27.9. The summed E-state index contributed by atoms with van der Waals surface area (Å²) in [6.07, 6.45) is 0. The first-order chi connectivity index (χ1) is 14.1. The standard InChI is InChI=1S/C22H17FN2O3S/c1-2-28-17-11-6-4-9-15(17)24-20-19(18-12-7-13-29-18)21(26)25(22(20)27)16-10-5-3-8-14(16)23/h3-13,24H,2H2,1H3. The van der Waals surface area contributed by atoms with E-state index in [1.807, 2.05) is 18.4 Å². The highest BCUT2D eigenvalue weighted by molar-refractivity contribution is 7.11. The zero-order valence-corrected chi connectivity index (χ0v) is 16.3. The van der Waals surface area contributed by atoms with Gasteiger partial charge in [-0.25, -0.2) is 9.29 Å². The molecule has 0 atom stereocenters. The maximum absolute atomic E-state index is 14.4. The van der Waals surface area contributed by atoms with E-state index in [-0.39, 0.29) is 17.0 Å². The Hall–Kier alpha value is -3.45. The zero-order valence-electron chi connectivity index (χ0n) is 15.5. The average molecular weight is 408 g/mol. The van der Waals surface area contributed by atoms with E-state index in [1.54, 1.807) is 36.4 Å². The monoisotopic (exact) mass is 408 g/mol. The van der Waals surface area contributed by atoms with Crippen LogP contribution in [0.25, 0.3) is 5.57 Å². The number of para-hydroxylation sites is 3. The number of nitrogens with one attached hydrogen (secondary N) is 1. The van der Waals surface area contributed by atoms with Crippen LogP contribution >= 0.6 is 11.3 Å². The number of imide groups is 1. The summed E-state index contributed by atoms with van der Waals surface area (Å²) >= 11 is 1.33. The molecular weight excluding hydrogens is 391 g/mol. The number of amides is 2.